The van der Waals surface area contributed by atoms with Crippen LogP contribution >= 0.6 is 23.4 Å². The molecule has 0 radical (unpaired) electrons. The van der Waals surface area contributed by atoms with Crippen LogP contribution in [0.15, 0.2) is 64.3 Å². The van der Waals surface area contributed by atoms with Crippen LogP contribution in [0.3, 0.4) is 0 Å². The number of esters is 1. The van der Waals surface area contributed by atoms with E-state index in [4.69, 9.17) is 16.3 Å². The number of amidine groups is 1. The molecule has 3 aliphatic rings. The van der Waals surface area contributed by atoms with Gasteiger partial charge in [-0.15, -0.1) is 0 Å². The van der Waals surface area contributed by atoms with Gasteiger partial charge in [-0.2, -0.15) is 0 Å². The van der Waals surface area contributed by atoms with Crippen molar-refractivity contribution in [2.24, 2.45) is 4.99 Å². The Bertz CT molecular complexity index is 1150. The summed E-state index contributed by atoms with van der Waals surface area (Å²) in [7, 11) is 0. The van der Waals surface area contributed by atoms with Crippen molar-refractivity contribution in [3.63, 3.8) is 0 Å². The molecule has 0 aliphatic carbocycles. The number of carbonyl (C=O) groups is 3. The first-order valence-electron chi connectivity index (χ1n) is 11.3. The van der Waals surface area contributed by atoms with Gasteiger partial charge in [0.1, 0.15) is 6.61 Å². The van der Waals surface area contributed by atoms with E-state index in [2.05, 4.69) is 11.6 Å². The van der Waals surface area contributed by atoms with Crippen molar-refractivity contribution in [3.8, 4) is 0 Å². The second-order valence-corrected chi connectivity index (χ2v) is 9.67. The number of fused-ring (bicyclic) bond motifs is 1. The van der Waals surface area contributed by atoms with Crippen LogP contribution < -0.4 is 0 Å². The zero-order chi connectivity index (χ0) is 25.1. The molecule has 1 atom stereocenters. The minimum Gasteiger partial charge on any atom is -0.458 e. The molecule has 1 unspecified atom stereocenters. The molecule has 0 N–H and O–H groups in total. The number of amides is 2. The van der Waals surface area contributed by atoms with Crippen LogP contribution in [-0.2, 0) is 19.1 Å². The Morgan fingerprint density at radius 3 is 2.60 bits per heavy atom. The highest BCUT2D eigenvalue weighted by Gasteiger charge is 2.41. The number of halogens is 1. The topological polar surface area (TPSA) is 82.5 Å². The molecule has 1 fully saturated rings. The normalized spacial score (nSPS) is 19.7. The molecule has 0 bridgehead atoms. The van der Waals surface area contributed by atoms with Crippen LogP contribution in [0.5, 0.6) is 0 Å². The van der Waals surface area contributed by atoms with E-state index in [1.165, 1.54) is 17.8 Å². The van der Waals surface area contributed by atoms with Crippen LogP contribution in [0.25, 0.3) is 0 Å². The Kier molecular flexibility index (Phi) is 7.66. The first-order valence-corrected chi connectivity index (χ1v) is 12.6. The second-order valence-electron chi connectivity index (χ2n) is 8.40. The Balaban J connectivity index is 1.61. The molecule has 3 heterocycles. The molecule has 1 aromatic rings. The maximum absolute atomic E-state index is 13.2. The molecule has 184 valence electrons. The highest BCUT2D eigenvalue weighted by atomic mass is 35.5. The van der Waals surface area contributed by atoms with E-state index in [9.17, 15) is 14.4 Å². The molecule has 3 aliphatic heterocycles. The third-order valence-electron chi connectivity index (χ3n) is 6.13. The van der Waals surface area contributed by atoms with Gasteiger partial charge in [0.25, 0.3) is 0 Å². The number of benzene rings is 1. The molecule has 0 aromatic heterocycles. The number of allylic oxidation sites excluding steroid dienone is 1. The van der Waals surface area contributed by atoms with Gasteiger partial charge in [-0.3, -0.25) is 9.59 Å². The predicted octanol–water partition coefficient (Wildman–Crippen LogP) is 3.72. The summed E-state index contributed by atoms with van der Waals surface area (Å²) in [6.45, 7) is 9.06. The number of thioether (sulfide) groups is 1. The van der Waals surface area contributed by atoms with Crippen LogP contribution in [-0.4, -0.2) is 70.4 Å². The van der Waals surface area contributed by atoms with Gasteiger partial charge in [0, 0.05) is 43.8 Å². The van der Waals surface area contributed by atoms with Crippen LogP contribution in [0.4, 0.5) is 0 Å². The van der Waals surface area contributed by atoms with Gasteiger partial charge < -0.3 is 19.4 Å². The van der Waals surface area contributed by atoms with Gasteiger partial charge in [-0.25, -0.2) is 9.79 Å². The first-order chi connectivity index (χ1) is 16.8. The molecule has 2 amide bonds. The Morgan fingerprint density at radius 1 is 1.23 bits per heavy atom. The zero-order valence-corrected chi connectivity index (χ0v) is 21.3. The Hall–Kier alpha value is -3.04. The number of aliphatic imine (C=N–C) groups is 1. The third-order valence-corrected chi connectivity index (χ3v) is 7.25. The zero-order valence-electron chi connectivity index (χ0n) is 19.7. The summed E-state index contributed by atoms with van der Waals surface area (Å²) < 4.78 is 5.40. The SMILES string of the molecule is C=CCOC(=O)C1=C(C)N=C2SC=C(CC(=O)N3CCN(C(C)=O)CC3)N2C1c1cccc(Cl)c1. The van der Waals surface area contributed by atoms with Crippen molar-refractivity contribution < 1.29 is 19.1 Å². The van der Waals surface area contributed by atoms with Crippen molar-refractivity contribution in [1.82, 2.24) is 14.7 Å². The molecule has 10 heteroatoms. The van der Waals surface area contributed by atoms with E-state index in [0.717, 1.165) is 11.3 Å². The fourth-order valence-corrected chi connectivity index (χ4v) is 5.54. The number of carbonyl (C=O) groups excluding carboxylic acids is 3. The van der Waals surface area contributed by atoms with Crippen molar-refractivity contribution in [3.05, 3.63) is 69.9 Å². The molecule has 1 saturated heterocycles. The average molecular weight is 515 g/mol. The number of nitrogens with zero attached hydrogens (tertiary/aromatic N) is 4. The van der Waals surface area contributed by atoms with Gasteiger partial charge in [-0.1, -0.05) is 48.2 Å². The number of piperazine rings is 1. The number of hydrogen-bond donors (Lipinski definition) is 0. The number of rotatable bonds is 6. The molecule has 0 saturated carbocycles. The van der Waals surface area contributed by atoms with Crippen molar-refractivity contribution in [2.75, 3.05) is 32.8 Å². The van der Waals surface area contributed by atoms with E-state index in [1.807, 2.05) is 28.5 Å². The summed E-state index contributed by atoms with van der Waals surface area (Å²) in [4.78, 5) is 48.0. The summed E-state index contributed by atoms with van der Waals surface area (Å²) >= 11 is 7.73. The maximum Gasteiger partial charge on any atom is 0.338 e. The standard InChI is InChI=1S/C25H27ClN4O4S/c1-4-12-34-24(33)22-16(2)27-25-30(23(22)18-6-5-7-19(26)13-18)20(15-35-25)14-21(32)29-10-8-28(9-11-29)17(3)31/h4-7,13,15,23H,1,8-12,14H2,2-3H3. The van der Waals surface area contributed by atoms with Gasteiger partial charge >= 0.3 is 5.97 Å². The summed E-state index contributed by atoms with van der Waals surface area (Å²) in [5.74, 6) is -0.505. The second kappa shape index (κ2) is 10.7. The van der Waals surface area contributed by atoms with Gasteiger partial charge in [0.2, 0.25) is 11.8 Å². The molecule has 4 rings (SSSR count). The minimum atomic E-state index is -0.540. The van der Waals surface area contributed by atoms with Crippen LogP contribution in [0, 0.1) is 0 Å². The maximum atomic E-state index is 13.2. The first kappa shape index (κ1) is 25.1. The number of ether oxygens (including phenoxy) is 1. The summed E-state index contributed by atoms with van der Waals surface area (Å²) in [6, 6.07) is 6.78. The van der Waals surface area contributed by atoms with Gasteiger partial charge in [-0.05, 0) is 30.0 Å². The molecule has 8 nitrogen and oxygen atoms in total. The van der Waals surface area contributed by atoms with E-state index in [0.29, 0.717) is 47.6 Å². The fraction of sp³-hybridized carbons (Fsp3) is 0.360. The highest BCUT2D eigenvalue weighted by Crippen LogP contribution is 2.45. The molecular formula is C25H27ClN4O4S. The van der Waals surface area contributed by atoms with Crippen molar-refractivity contribution >= 4 is 46.3 Å². The smallest absolute Gasteiger partial charge is 0.338 e. The molecule has 35 heavy (non-hydrogen) atoms. The van der Waals surface area contributed by atoms with E-state index in [-0.39, 0.29) is 24.8 Å². The highest BCUT2D eigenvalue weighted by molar-refractivity contribution is 8.16. The average Bonchev–Trinajstić information content (AvgIpc) is 3.23. The monoisotopic (exact) mass is 514 g/mol. The molecular weight excluding hydrogens is 488 g/mol. The Labute approximate surface area is 213 Å². The quantitative estimate of drug-likeness (QED) is 0.425. The van der Waals surface area contributed by atoms with E-state index >= 15 is 0 Å². The lowest BCUT2D eigenvalue weighted by Gasteiger charge is -2.37. The minimum absolute atomic E-state index is 0.0172. The Morgan fingerprint density at radius 2 is 1.94 bits per heavy atom. The van der Waals surface area contributed by atoms with E-state index < -0.39 is 12.0 Å². The van der Waals surface area contributed by atoms with Gasteiger partial charge in [0.05, 0.1) is 23.7 Å². The lowest BCUT2D eigenvalue weighted by atomic mass is 9.94. The largest absolute Gasteiger partial charge is 0.458 e. The van der Waals surface area contributed by atoms with Gasteiger partial charge in [0.15, 0.2) is 5.17 Å². The van der Waals surface area contributed by atoms with Crippen molar-refractivity contribution in [2.45, 2.75) is 26.3 Å². The predicted molar refractivity (Wildman–Crippen MR) is 136 cm³/mol. The fourth-order valence-electron chi connectivity index (χ4n) is 4.37. The molecule has 0 spiro atoms. The lowest BCUT2D eigenvalue weighted by molar-refractivity contribution is -0.138. The van der Waals surface area contributed by atoms with Crippen LogP contribution in [0.2, 0.25) is 5.02 Å². The van der Waals surface area contributed by atoms with Crippen LogP contribution in [0.1, 0.15) is 31.9 Å². The summed E-state index contributed by atoms with van der Waals surface area (Å²) in [6.07, 6.45) is 1.67. The number of hydrogen-bond acceptors (Lipinski definition) is 7. The lowest BCUT2D eigenvalue weighted by Crippen LogP contribution is -2.50. The third kappa shape index (κ3) is 5.31. The van der Waals surface area contributed by atoms with Crippen molar-refractivity contribution in [1.29, 1.82) is 0 Å². The summed E-state index contributed by atoms with van der Waals surface area (Å²) in [5.41, 5.74) is 2.50. The summed E-state index contributed by atoms with van der Waals surface area (Å²) in [5, 5.41) is 3.14. The van der Waals surface area contributed by atoms with E-state index in [1.54, 1.807) is 29.7 Å². The molecule has 1 aromatic carbocycles.